The molecule has 2 heterocycles. The van der Waals surface area contributed by atoms with Gasteiger partial charge in [0.2, 0.25) is 0 Å². The first-order valence-corrected chi connectivity index (χ1v) is 4.58. The van der Waals surface area contributed by atoms with Crippen molar-refractivity contribution in [3.63, 3.8) is 0 Å². The van der Waals surface area contributed by atoms with Gasteiger partial charge in [0.05, 0.1) is 0 Å². The Morgan fingerprint density at radius 1 is 1.33 bits per heavy atom. The molecule has 3 rings (SSSR count). The lowest BCUT2D eigenvalue weighted by molar-refractivity contribution is 0.656. The summed E-state index contributed by atoms with van der Waals surface area (Å²) in [4.78, 5) is 14.8. The van der Waals surface area contributed by atoms with Crippen LogP contribution in [0.25, 0.3) is 21.9 Å². The second-order valence-electron chi connectivity index (χ2n) is 3.41. The maximum Gasteiger partial charge on any atom is 0.293 e. The van der Waals surface area contributed by atoms with Crippen molar-refractivity contribution in [2.75, 3.05) is 0 Å². The second kappa shape index (κ2) is 2.66. The molecule has 1 N–H and O–H groups in total. The molecular formula is C10H8N4O. The van der Waals surface area contributed by atoms with Crippen LogP contribution in [0.5, 0.6) is 0 Å². The molecule has 3 aromatic rings. The van der Waals surface area contributed by atoms with Crippen molar-refractivity contribution >= 4 is 21.9 Å². The van der Waals surface area contributed by atoms with Crippen LogP contribution in [0.2, 0.25) is 0 Å². The van der Waals surface area contributed by atoms with Gasteiger partial charge < -0.3 is 4.98 Å². The molecule has 15 heavy (non-hydrogen) atoms. The van der Waals surface area contributed by atoms with E-state index in [1.807, 2.05) is 24.3 Å². The average molecular weight is 200 g/mol. The molecule has 0 atom stereocenters. The molecule has 0 fully saturated rings. The summed E-state index contributed by atoms with van der Waals surface area (Å²) in [5, 5.41) is 8.70. The van der Waals surface area contributed by atoms with Crippen LogP contribution in [-0.4, -0.2) is 20.0 Å². The summed E-state index contributed by atoms with van der Waals surface area (Å²) in [5.41, 5.74) is 1.89. The van der Waals surface area contributed by atoms with Crippen LogP contribution in [0.3, 0.4) is 0 Å². The number of aromatic amines is 1. The summed E-state index contributed by atoms with van der Waals surface area (Å²) in [6.07, 6.45) is 0. The minimum atomic E-state index is -0.156. The van der Waals surface area contributed by atoms with Crippen molar-refractivity contribution in [2.45, 2.75) is 0 Å². The number of nitrogens with one attached hydrogen (secondary N) is 1. The van der Waals surface area contributed by atoms with Gasteiger partial charge in [0.15, 0.2) is 0 Å². The van der Waals surface area contributed by atoms with Crippen LogP contribution in [0.4, 0.5) is 0 Å². The molecule has 0 amide bonds. The van der Waals surface area contributed by atoms with E-state index < -0.39 is 0 Å². The fourth-order valence-corrected chi connectivity index (χ4v) is 1.70. The fraction of sp³-hybridized carbons (Fsp3) is 0.100. The third-order valence-corrected chi connectivity index (χ3v) is 2.47. The van der Waals surface area contributed by atoms with Crippen molar-refractivity contribution in [1.82, 2.24) is 20.0 Å². The molecule has 0 aliphatic carbocycles. The number of aromatic nitrogens is 4. The molecule has 74 valence electrons. The number of nitrogens with zero attached hydrogens (tertiary/aromatic N) is 3. The first kappa shape index (κ1) is 8.16. The molecule has 0 spiro atoms. The minimum absolute atomic E-state index is 0.156. The Kier molecular flexibility index (Phi) is 1.45. The second-order valence-corrected chi connectivity index (χ2v) is 3.41. The van der Waals surface area contributed by atoms with Crippen LogP contribution in [0.15, 0.2) is 29.1 Å². The van der Waals surface area contributed by atoms with Crippen molar-refractivity contribution in [2.24, 2.45) is 7.05 Å². The van der Waals surface area contributed by atoms with Crippen LogP contribution in [-0.2, 0) is 7.05 Å². The first-order chi connectivity index (χ1) is 7.27. The van der Waals surface area contributed by atoms with Crippen molar-refractivity contribution < 1.29 is 0 Å². The van der Waals surface area contributed by atoms with E-state index in [9.17, 15) is 4.79 Å². The third kappa shape index (κ3) is 0.999. The highest BCUT2D eigenvalue weighted by Gasteiger charge is 2.09. The number of aryl methyl sites for hydroxylation is 1. The smallest absolute Gasteiger partial charge is 0.293 e. The number of fused-ring (bicyclic) bond motifs is 3. The van der Waals surface area contributed by atoms with E-state index in [1.54, 1.807) is 7.05 Å². The zero-order chi connectivity index (χ0) is 10.4. The van der Waals surface area contributed by atoms with E-state index in [2.05, 4.69) is 15.3 Å². The molecule has 0 saturated heterocycles. The molecule has 0 unspecified atom stereocenters. The van der Waals surface area contributed by atoms with E-state index in [4.69, 9.17) is 0 Å². The standard InChI is InChI=1S/C10H8N4O/c1-14-10(15)9-8(12-13-14)6-4-2-3-5-7(6)11-9/h2-5,11H,1H3. The van der Waals surface area contributed by atoms with Gasteiger partial charge in [0.1, 0.15) is 11.0 Å². The van der Waals surface area contributed by atoms with E-state index in [1.165, 1.54) is 4.68 Å². The Labute approximate surface area is 84.3 Å². The van der Waals surface area contributed by atoms with Gasteiger partial charge >= 0.3 is 0 Å². The lowest BCUT2D eigenvalue weighted by atomic mass is 10.2. The van der Waals surface area contributed by atoms with E-state index in [0.29, 0.717) is 11.0 Å². The van der Waals surface area contributed by atoms with Crippen molar-refractivity contribution in [3.8, 4) is 0 Å². The fourth-order valence-electron chi connectivity index (χ4n) is 1.70. The molecule has 1 aromatic carbocycles. The van der Waals surface area contributed by atoms with E-state index in [0.717, 1.165) is 10.9 Å². The Morgan fingerprint density at radius 3 is 3.00 bits per heavy atom. The average Bonchev–Trinajstić information content (AvgIpc) is 2.63. The topological polar surface area (TPSA) is 63.6 Å². The van der Waals surface area contributed by atoms with Crippen LogP contribution >= 0.6 is 0 Å². The van der Waals surface area contributed by atoms with Crippen LogP contribution < -0.4 is 5.56 Å². The van der Waals surface area contributed by atoms with Crippen molar-refractivity contribution in [1.29, 1.82) is 0 Å². The Morgan fingerprint density at radius 2 is 2.13 bits per heavy atom. The van der Waals surface area contributed by atoms with Gasteiger partial charge in [-0.05, 0) is 6.07 Å². The quantitative estimate of drug-likeness (QED) is 0.584. The Balaban J connectivity index is 2.66. The molecule has 0 radical (unpaired) electrons. The summed E-state index contributed by atoms with van der Waals surface area (Å²) >= 11 is 0. The molecule has 2 aromatic heterocycles. The van der Waals surface area contributed by atoms with Gasteiger partial charge in [-0.25, -0.2) is 4.68 Å². The summed E-state index contributed by atoms with van der Waals surface area (Å²) in [5.74, 6) is 0. The molecule has 5 heteroatoms. The number of benzene rings is 1. The molecule has 5 nitrogen and oxygen atoms in total. The number of H-pyrrole nitrogens is 1. The first-order valence-electron chi connectivity index (χ1n) is 4.58. The zero-order valence-electron chi connectivity index (χ0n) is 8.06. The highest BCUT2D eigenvalue weighted by atomic mass is 16.1. The monoisotopic (exact) mass is 200 g/mol. The predicted molar refractivity (Wildman–Crippen MR) is 56.6 cm³/mol. The summed E-state index contributed by atoms with van der Waals surface area (Å²) in [6, 6.07) is 7.66. The number of rotatable bonds is 0. The predicted octanol–water partition coefficient (Wildman–Crippen LogP) is 0.810. The normalized spacial score (nSPS) is 11.3. The summed E-state index contributed by atoms with van der Waals surface area (Å²) in [6.45, 7) is 0. The highest BCUT2D eigenvalue weighted by molar-refractivity contribution is 6.04. The third-order valence-electron chi connectivity index (χ3n) is 2.47. The zero-order valence-corrected chi connectivity index (χ0v) is 8.06. The minimum Gasteiger partial charge on any atom is -0.349 e. The summed E-state index contributed by atoms with van der Waals surface area (Å²) in [7, 11) is 1.58. The maximum atomic E-state index is 11.7. The van der Waals surface area contributed by atoms with Gasteiger partial charge in [0, 0.05) is 18.0 Å². The highest BCUT2D eigenvalue weighted by Crippen LogP contribution is 2.19. The van der Waals surface area contributed by atoms with Gasteiger partial charge in [-0.3, -0.25) is 4.79 Å². The summed E-state index contributed by atoms with van der Waals surface area (Å²) < 4.78 is 1.22. The molecule has 0 aliphatic rings. The van der Waals surface area contributed by atoms with E-state index in [-0.39, 0.29) is 5.56 Å². The maximum absolute atomic E-state index is 11.7. The number of hydrogen-bond acceptors (Lipinski definition) is 3. The van der Waals surface area contributed by atoms with Gasteiger partial charge in [-0.15, -0.1) is 5.10 Å². The SMILES string of the molecule is Cn1nnc2c([nH]c3ccccc32)c1=O. The molecule has 0 saturated carbocycles. The van der Waals surface area contributed by atoms with Gasteiger partial charge in [-0.2, -0.15) is 0 Å². The molecule has 0 aliphatic heterocycles. The Bertz CT molecular complexity index is 710. The lowest BCUT2D eigenvalue weighted by Gasteiger charge is -1.92. The van der Waals surface area contributed by atoms with Crippen LogP contribution in [0, 0.1) is 0 Å². The van der Waals surface area contributed by atoms with E-state index >= 15 is 0 Å². The van der Waals surface area contributed by atoms with Gasteiger partial charge in [0.25, 0.3) is 5.56 Å². The van der Waals surface area contributed by atoms with Crippen molar-refractivity contribution in [3.05, 3.63) is 34.6 Å². The Hall–Kier alpha value is -2.17. The van der Waals surface area contributed by atoms with Gasteiger partial charge in [-0.1, -0.05) is 23.4 Å². The largest absolute Gasteiger partial charge is 0.349 e. The molecular weight excluding hydrogens is 192 g/mol. The molecule has 0 bridgehead atoms. The number of para-hydroxylation sites is 1. The lowest BCUT2D eigenvalue weighted by Crippen LogP contribution is -2.20. The van der Waals surface area contributed by atoms with Crippen LogP contribution in [0.1, 0.15) is 0 Å². The number of hydrogen-bond donors (Lipinski definition) is 1.